The number of nitrogens with zero attached hydrogens (tertiary/aromatic N) is 1. The Hall–Kier alpha value is -3.25. The number of hydrogen-bond donors (Lipinski definition) is 1. The van der Waals surface area contributed by atoms with Gasteiger partial charge in [-0.25, -0.2) is 4.90 Å². The van der Waals surface area contributed by atoms with Crippen LogP contribution in [0.15, 0.2) is 77.3 Å². The van der Waals surface area contributed by atoms with Crippen molar-refractivity contribution in [2.24, 2.45) is 0 Å². The topological polar surface area (TPSA) is 66.5 Å². The summed E-state index contributed by atoms with van der Waals surface area (Å²) in [6.07, 6.45) is 0.227. The van der Waals surface area contributed by atoms with Gasteiger partial charge in [-0.1, -0.05) is 46.3 Å². The van der Waals surface area contributed by atoms with E-state index in [9.17, 15) is 14.4 Å². The fourth-order valence-electron chi connectivity index (χ4n) is 3.14. The molecule has 28 heavy (non-hydrogen) atoms. The predicted octanol–water partition coefficient (Wildman–Crippen LogP) is 4.43. The second kappa shape index (κ2) is 7.40. The molecule has 0 atom stereocenters. The third-order valence-electron chi connectivity index (χ3n) is 4.46. The van der Waals surface area contributed by atoms with E-state index in [0.717, 1.165) is 14.9 Å². The zero-order chi connectivity index (χ0) is 19.7. The Balaban J connectivity index is 1.52. The lowest BCUT2D eigenvalue weighted by molar-refractivity contribution is -0.115. The average molecular weight is 435 g/mol. The van der Waals surface area contributed by atoms with Crippen LogP contribution in [-0.4, -0.2) is 17.7 Å². The number of anilines is 2. The second-order valence-corrected chi connectivity index (χ2v) is 7.31. The first-order chi connectivity index (χ1) is 13.5. The molecule has 0 saturated heterocycles. The van der Waals surface area contributed by atoms with Crippen molar-refractivity contribution >= 4 is 45.0 Å². The molecule has 0 unspecified atom stereocenters. The average Bonchev–Trinajstić information content (AvgIpc) is 2.95. The Morgan fingerprint density at radius 3 is 2.14 bits per heavy atom. The van der Waals surface area contributed by atoms with Crippen LogP contribution < -0.4 is 10.2 Å². The third-order valence-corrected chi connectivity index (χ3v) is 4.99. The van der Waals surface area contributed by atoms with Gasteiger partial charge in [0, 0.05) is 10.2 Å². The molecule has 3 aromatic rings. The van der Waals surface area contributed by atoms with Gasteiger partial charge in [-0.15, -0.1) is 0 Å². The highest BCUT2D eigenvalue weighted by atomic mass is 79.9. The van der Waals surface area contributed by atoms with Crippen molar-refractivity contribution in [3.05, 3.63) is 94.0 Å². The standard InChI is InChI=1S/C22H15BrN2O3/c23-15-10-8-14(9-11-15)12-20(26)24-16-4-3-5-17(13-16)25-21(27)18-6-1-2-7-19(18)22(25)28/h1-11,13H,12H2,(H,24,26). The summed E-state index contributed by atoms with van der Waals surface area (Å²) in [5.41, 5.74) is 2.61. The Kier molecular flexibility index (Phi) is 4.79. The summed E-state index contributed by atoms with van der Waals surface area (Å²) >= 11 is 3.37. The number of benzene rings is 3. The van der Waals surface area contributed by atoms with Gasteiger partial charge >= 0.3 is 0 Å². The van der Waals surface area contributed by atoms with Gasteiger partial charge in [0.15, 0.2) is 0 Å². The molecule has 0 bridgehead atoms. The quantitative estimate of drug-likeness (QED) is 0.617. The third kappa shape index (κ3) is 3.46. The largest absolute Gasteiger partial charge is 0.326 e. The summed E-state index contributed by atoms with van der Waals surface area (Å²) in [4.78, 5) is 38.7. The van der Waals surface area contributed by atoms with Gasteiger partial charge in [0.1, 0.15) is 0 Å². The highest BCUT2D eigenvalue weighted by Gasteiger charge is 2.36. The molecule has 1 aliphatic rings. The number of hydrogen-bond acceptors (Lipinski definition) is 3. The van der Waals surface area contributed by atoms with Gasteiger partial charge in [-0.05, 0) is 48.0 Å². The fourth-order valence-corrected chi connectivity index (χ4v) is 3.40. The molecule has 3 amide bonds. The molecule has 3 aromatic carbocycles. The highest BCUT2D eigenvalue weighted by Crippen LogP contribution is 2.29. The van der Waals surface area contributed by atoms with Gasteiger partial charge < -0.3 is 5.32 Å². The van der Waals surface area contributed by atoms with Gasteiger partial charge in [0.25, 0.3) is 11.8 Å². The van der Waals surface area contributed by atoms with Crippen LogP contribution in [0.25, 0.3) is 0 Å². The van der Waals surface area contributed by atoms with Crippen LogP contribution in [-0.2, 0) is 11.2 Å². The molecule has 1 aliphatic heterocycles. The van der Waals surface area contributed by atoms with Crippen LogP contribution in [0.5, 0.6) is 0 Å². The molecule has 1 N–H and O–H groups in total. The first-order valence-electron chi connectivity index (χ1n) is 8.65. The van der Waals surface area contributed by atoms with Crippen molar-refractivity contribution in [2.45, 2.75) is 6.42 Å². The first kappa shape index (κ1) is 18.1. The SMILES string of the molecule is O=C(Cc1ccc(Br)cc1)Nc1cccc(N2C(=O)c3ccccc3C2=O)c1. The molecule has 0 spiro atoms. The molecule has 0 aliphatic carbocycles. The fraction of sp³-hybridized carbons (Fsp3) is 0.0455. The molecule has 0 saturated carbocycles. The maximum Gasteiger partial charge on any atom is 0.266 e. The number of rotatable bonds is 4. The minimum absolute atomic E-state index is 0.179. The maximum absolute atomic E-state index is 12.6. The highest BCUT2D eigenvalue weighted by molar-refractivity contribution is 9.10. The van der Waals surface area contributed by atoms with Crippen molar-refractivity contribution in [1.82, 2.24) is 0 Å². The van der Waals surface area contributed by atoms with Gasteiger partial charge in [0.2, 0.25) is 5.91 Å². The molecule has 1 heterocycles. The summed E-state index contributed by atoms with van der Waals surface area (Å²) < 4.78 is 0.949. The number of carbonyl (C=O) groups excluding carboxylic acids is 3. The zero-order valence-electron chi connectivity index (χ0n) is 14.7. The molecule has 5 nitrogen and oxygen atoms in total. The van der Waals surface area contributed by atoms with Crippen molar-refractivity contribution in [3.63, 3.8) is 0 Å². The lowest BCUT2D eigenvalue weighted by atomic mass is 10.1. The number of imide groups is 1. The van der Waals surface area contributed by atoms with Crippen LogP contribution in [0, 0.1) is 0 Å². The molecule has 0 radical (unpaired) electrons. The number of nitrogens with one attached hydrogen (secondary N) is 1. The lowest BCUT2D eigenvalue weighted by Crippen LogP contribution is -2.29. The second-order valence-electron chi connectivity index (χ2n) is 6.39. The monoisotopic (exact) mass is 434 g/mol. The molecular formula is C22H15BrN2O3. The van der Waals surface area contributed by atoms with Crippen LogP contribution in [0.3, 0.4) is 0 Å². The van der Waals surface area contributed by atoms with E-state index in [1.165, 1.54) is 0 Å². The summed E-state index contributed by atoms with van der Waals surface area (Å²) in [5.74, 6) is -0.903. The van der Waals surface area contributed by atoms with E-state index < -0.39 is 0 Å². The molecular weight excluding hydrogens is 420 g/mol. The van der Waals surface area contributed by atoms with Crippen LogP contribution >= 0.6 is 15.9 Å². The Morgan fingerprint density at radius 1 is 0.857 bits per heavy atom. The van der Waals surface area contributed by atoms with E-state index in [1.54, 1.807) is 48.5 Å². The molecule has 0 fully saturated rings. The lowest BCUT2D eigenvalue weighted by Gasteiger charge is -2.15. The van der Waals surface area contributed by atoms with Gasteiger partial charge in [-0.2, -0.15) is 0 Å². The normalized spacial score (nSPS) is 12.8. The summed E-state index contributed by atoms with van der Waals surface area (Å²) in [5, 5.41) is 2.82. The first-order valence-corrected chi connectivity index (χ1v) is 9.44. The van der Waals surface area contributed by atoms with E-state index in [4.69, 9.17) is 0 Å². The summed E-state index contributed by atoms with van der Waals surface area (Å²) in [6, 6.07) is 21.0. The van der Waals surface area contributed by atoms with E-state index in [1.807, 2.05) is 24.3 Å². The van der Waals surface area contributed by atoms with E-state index in [0.29, 0.717) is 22.5 Å². The molecule has 4 rings (SSSR count). The van der Waals surface area contributed by atoms with Crippen molar-refractivity contribution in [1.29, 1.82) is 0 Å². The van der Waals surface area contributed by atoms with Gasteiger partial charge in [-0.3, -0.25) is 14.4 Å². The molecule has 138 valence electrons. The van der Waals surface area contributed by atoms with Crippen molar-refractivity contribution < 1.29 is 14.4 Å². The molecule has 6 heteroatoms. The van der Waals surface area contributed by atoms with E-state index in [-0.39, 0.29) is 24.1 Å². The van der Waals surface area contributed by atoms with Crippen LogP contribution in [0.1, 0.15) is 26.3 Å². The van der Waals surface area contributed by atoms with Crippen LogP contribution in [0.2, 0.25) is 0 Å². The van der Waals surface area contributed by atoms with Crippen molar-refractivity contribution in [3.8, 4) is 0 Å². The summed E-state index contributed by atoms with van der Waals surface area (Å²) in [7, 11) is 0. The zero-order valence-corrected chi connectivity index (χ0v) is 16.3. The minimum Gasteiger partial charge on any atom is -0.326 e. The number of fused-ring (bicyclic) bond motifs is 1. The maximum atomic E-state index is 12.6. The minimum atomic E-state index is -0.362. The van der Waals surface area contributed by atoms with E-state index in [2.05, 4.69) is 21.2 Å². The Morgan fingerprint density at radius 2 is 1.50 bits per heavy atom. The van der Waals surface area contributed by atoms with Gasteiger partial charge in [0.05, 0.1) is 23.2 Å². The smallest absolute Gasteiger partial charge is 0.266 e. The van der Waals surface area contributed by atoms with E-state index >= 15 is 0 Å². The van der Waals surface area contributed by atoms with Crippen LogP contribution in [0.4, 0.5) is 11.4 Å². The summed E-state index contributed by atoms with van der Waals surface area (Å²) in [6.45, 7) is 0. The molecule has 0 aromatic heterocycles. The van der Waals surface area contributed by atoms with Crippen molar-refractivity contribution in [2.75, 3.05) is 10.2 Å². The predicted molar refractivity (Wildman–Crippen MR) is 110 cm³/mol. The number of amides is 3. The Bertz CT molecular complexity index is 1060. The number of carbonyl (C=O) groups is 3. The number of halogens is 1. The Labute approximate surface area is 170 Å².